The van der Waals surface area contributed by atoms with Gasteiger partial charge >= 0.3 is 0 Å². The molecular formula is C12H13NO. The van der Waals surface area contributed by atoms with E-state index in [4.69, 9.17) is 5.26 Å². The summed E-state index contributed by atoms with van der Waals surface area (Å²) in [6, 6.07) is 9.92. The molecule has 72 valence electrons. The molecule has 0 amide bonds. The van der Waals surface area contributed by atoms with Crippen molar-refractivity contribution in [1.29, 1.82) is 5.26 Å². The lowest BCUT2D eigenvalue weighted by atomic mass is 9.93. The number of rotatable bonds is 1. The molecule has 0 saturated carbocycles. The molecule has 0 radical (unpaired) electrons. The van der Waals surface area contributed by atoms with Crippen LogP contribution in [0.3, 0.4) is 0 Å². The van der Waals surface area contributed by atoms with Crippen LogP contribution in [0.2, 0.25) is 0 Å². The van der Waals surface area contributed by atoms with Gasteiger partial charge in [-0.3, -0.25) is 0 Å². The number of hydrogen-bond acceptors (Lipinski definition) is 2. The van der Waals surface area contributed by atoms with Crippen LogP contribution in [-0.2, 0) is 5.60 Å². The summed E-state index contributed by atoms with van der Waals surface area (Å²) >= 11 is 0. The molecule has 2 rings (SSSR count). The third-order valence-corrected chi connectivity index (χ3v) is 3.01. The minimum atomic E-state index is -0.912. The van der Waals surface area contributed by atoms with Gasteiger partial charge in [0.15, 0.2) is 0 Å². The van der Waals surface area contributed by atoms with Crippen molar-refractivity contribution in [2.45, 2.75) is 31.3 Å². The first-order valence-corrected chi connectivity index (χ1v) is 4.86. The van der Waals surface area contributed by atoms with Gasteiger partial charge in [0.2, 0.25) is 0 Å². The van der Waals surface area contributed by atoms with Gasteiger partial charge in [-0.2, -0.15) is 5.26 Å². The van der Waals surface area contributed by atoms with Crippen molar-refractivity contribution in [1.82, 2.24) is 0 Å². The van der Waals surface area contributed by atoms with Gasteiger partial charge in [0.25, 0.3) is 0 Å². The molecule has 0 heterocycles. The van der Waals surface area contributed by atoms with Crippen LogP contribution < -0.4 is 0 Å². The Kier molecular flexibility index (Phi) is 2.05. The fraction of sp³-hybridized carbons (Fsp3) is 0.417. The van der Waals surface area contributed by atoms with Crippen LogP contribution in [-0.4, -0.2) is 5.11 Å². The van der Waals surface area contributed by atoms with E-state index in [9.17, 15) is 5.11 Å². The summed E-state index contributed by atoms with van der Waals surface area (Å²) in [5.74, 6) is 0.351. The predicted octanol–water partition coefficient (Wildman–Crippen LogP) is 2.30. The van der Waals surface area contributed by atoms with Crippen molar-refractivity contribution in [2.75, 3.05) is 0 Å². The first-order valence-electron chi connectivity index (χ1n) is 4.86. The lowest BCUT2D eigenvalue weighted by molar-refractivity contribution is 0.0395. The largest absolute Gasteiger partial charge is 0.384 e. The Morgan fingerprint density at radius 1 is 1.57 bits per heavy atom. The Morgan fingerprint density at radius 2 is 2.29 bits per heavy atom. The summed E-state index contributed by atoms with van der Waals surface area (Å²) in [7, 11) is 0. The molecular weight excluding hydrogens is 174 g/mol. The summed E-state index contributed by atoms with van der Waals surface area (Å²) < 4.78 is 0. The van der Waals surface area contributed by atoms with Crippen molar-refractivity contribution >= 4 is 0 Å². The zero-order valence-corrected chi connectivity index (χ0v) is 8.20. The minimum Gasteiger partial charge on any atom is -0.384 e. The Labute approximate surface area is 83.8 Å². The number of hydrogen-bond donors (Lipinski definition) is 1. The van der Waals surface area contributed by atoms with Gasteiger partial charge in [-0.05, 0) is 23.5 Å². The van der Waals surface area contributed by atoms with Crippen LogP contribution in [0.15, 0.2) is 24.3 Å². The molecule has 2 atom stereocenters. The Morgan fingerprint density at radius 3 is 3.00 bits per heavy atom. The molecule has 1 aliphatic rings. The normalized spacial score (nSPS) is 29.6. The maximum atomic E-state index is 10.3. The van der Waals surface area contributed by atoms with Crippen LogP contribution in [0.4, 0.5) is 0 Å². The third-order valence-electron chi connectivity index (χ3n) is 3.01. The molecule has 1 aromatic rings. The molecule has 0 bridgehead atoms. The van der Waals surface area contributed by atoms with Gasteiger partial charge in [0.05, 0.1) is 12.5 Å². The zero-order chi connectivity index (χ0) is 10.2. The highest BCUT2D eigenvalue weighted by atomic mass is 16.3. The van der Waals surface area contributed by atoms with E-state index in [1.807, 2.05) is 24.3 Å². The number of benzene rings is 1. The summed E-state index contributed by atoms with van der Waals surface area (Å²) in [4.78, 5) is 0. The van der Waals surface area contributed by atoms with Gasteiger partial charge in [-0.15, -0.1) is 0 Å². The van der Waals surface area contributed by atoms with Gasteiger partial charge in [-0.1, -0.05) is 31.2 Å². The second kappa shape index (κ2) is 3.11. The fourth-order valence-corrected chi connectivity index (χ4v) is 2.38. The number of aliphatic hydroxyl groups is 1. The average molecular weight is 187 g/mol. The number of nitrogens with zero attached hydrogens (tertiary/aromatic N) is 1. The molecule has 2 nitrogen and oxygen atoms in total. The van der Waals surface area contributed by atoms with Crippen molar-refractivity contribution in [3.05, 3.63) is 35.4 Å². The number of nitriles is 1. The predicted molar refractivity (Wildman–Crippen MR) is 53.6 cm³/mol. The second-order valence-electron chi connectivity index (χ2n) is 4.06. The van der Waals surface area contributed by atoms with E-state index in [1.54, 1.807) is 0 Å². The highest BCUT2D eigenvalue weighted by Gasteiger charge is 2.39. The third kappa shape index (κ3) is 1.21. The lowest BCUT2D eigenvalue weighted by Gasteiger charge is -2.20. The van der Waals surface area contributed by atoms with Crippen molar-refractivity contribution in [3.8, 4) is 6.07 Å². The molecule has 1 aromatic carbocycles. The summed E-state index contributed by atoms with van der Waals surface area (Å²) in [6.45, 7) is 2.09. The topological polar surface area (TPSA) is 44.0 Å². The van der Waals surface area contributed by atoms with E-state index >= 15 is 0 Å². The fourth-order valence-electron chi connectivity index (χ4n) is 2.38. The Hall–Kier alpha value is -1.33. The Balaban J connectivity index is 2.49. The van der Waals surface area contributed by atoms with E-state index in [-0.39, 0.29) is 6.42 Å². The molecule has 0 saturated heterocycles. The van der Waals surface area contributed by atoms with Gasteiger partial charge < -0.3 is 5.11 Å². The maximum absolute atomic E-state index is 10.3. The average Bonchev–Trinajstić information content (AvgIpc) is 2.41. The van der Waals surface area contributed by atoms with E-state index in [2.05, 4.69) is 13.0 Å². The summed E-state index contributed by atoms with van der Waals surface area (Å²) in [6.07, 6.45) is 0.855. The van der Waals surface area contributed by atoms with Crippen molar-refractivity contribution in [3.63, 3.8) is 0 Å². The van der Waals surface area contributed by atoms with Crippen LogP contribution >= 0.6 is 0 Å². The Bertz CT molecular complexity index is 394. The summed E-state index contributed by atoms with van der Waals surface area (Å²) in [5, 5.41) is 19.0. The van der Waals surface area contributed by atoms with Crippen LogP contribution in [0.5, 0.6) is 0 Å². The van der Waals surface area contributed by atoms with Crippen molar-refractivity contribution in [2.24, 2.45) is 0 Å². The molecule has 0 fully saturated rings. The molecule has 1 aliphatic carbocycles. The van der Waals surface area contributed by atoms with Crippen LogP contribution in [0.1, 0.15) is 36.8 Å². The first-order chi connectivity index (χ1) is 6.67. The SMILES string of the molecule is CC1CC(O)(CC#N)c2ccccc21. The van der Waals surface area contributed by atoms with Gasteiger partial charge in [0, 0.05) is 0 Å². The van der Waals surface area contributed by atoms with Gasteiger partial charge in [0.1, 0.15) is 5.60 Å². The number of fused-ring (bicyclic) bond motifs is 1. The van der Waals surface area contributed by atoms with E-state index in [0.29, 0.717) is 12.3 Å². The molecule has 0 aliphatic heterocycles. The smallest absolute Gasteiger partial charge is 0.103 e. The van der Waals surface area contributed by atoms with Crippen LogP contribution in [0, 0.1) is 11.3 Å². The first kappa shape index (κ1) is 9.23. The standard InChI is InChI=1S/C12H13NO/c1-9-8-12(14,6-7-13)11-5-3-2-4-10(9)11/h2-5,9,14H,6,8H2,1H3. The molecule has 2 unspecified atom stereocenters. The monoisotopic (exact) mass is 187 g/mol. The highest BCUT2D eigenvalue weighted by molar-refractivity contribution is 5.40. The van der Waals surface area contributed by atoms with Crippen LogP contribution in [0.25, 0.3) is 0 Å². The lowest BCUT2D eigenvalue weighted by Crippen LogP contribution is -2.21. The molecule has 1 N–H and O–H groups in total. The second-order valence-corrected chi connectivity index (χ2v) is 4.06. The highest BCUT2D eigenvalue weighted by Crippen LogP contribution is 2.45. The van der Waals surface area contributed by atoms with Crippen molar-refractivity contribution < 1.29 is 5.11 Å². The molecule has 0 aromatic heterocycles. The van der Waals surface area contributed by atoms with E-state index in [0.717, 1.165) is 5.56 Å². The van der Waals surface area contributed by atoms with E-state index in [1.165, 1.54) is 5.56 Å². The quantitative estimate of drug-likeness (QED) is 0.733. The molecule has 0 spiro atoms. The van der Waals surface area contributed by atoms with E-state index < -0.39 is 5.60 Å². The summed E-state index contributed by atoms with van der Waals surface area (Å²) in [5.41, 5.74) is 1.21. The maximum Gasteiger partial charge on any atom is 0.103 e. The molecule has 2 heteroatoms. The molecule has 14 heavy (non-hydrogen) atoms. The zero-order valence-electron chi connectivity index (χ0n) is 8.20. The minimum absolute atomic E-state index is 0.189. The van der Waals surface area contributed by atoms with Gasteiger partial charge in [-0.25, -0.2) is 0 Å².